The first-order chi connectivity index (χ1) is 15.2. The molecule has 0 aliphatic carbocycles. The van der Waals surface area contributed by atoms with E-state index in [2.05, 4.69) is 11.4 Å². The summed E-state index contributed by atoms with van der Waals surface area (Å²) in [6.45, 7) is 0.942. The Hall–Kier alpha value is -3.93. The number of rotatable bonds is 9. The normalized spacial score (nSPS) is 10.6. The summed E-state index contributed by atoms with van der Waals surface area (Å²) in [4.78, 5) is 12.3. The van der Waals surface area contributed by atoms with E-state index in [-0.39, 0.29) is 18.3 Å². The third-order valence-corrected chi connectivity index (χ3v) is 4.70. The smallest absolute Gasteiger partial charge is 0.287 e. The highest BCUT2D eigenvalue weighted by molar-refractivity contribution is 5.91. The molecule has 3 aromatic carbocycles. The molecule has 0 atom stereocenters. The fraction of sp³-hybridized carbons (Fsp3) is 0.160. The number of furan rings is 1. The molecular weight excluding hydrogens is 394 g/mol. The van der Waals surface area contributed by atoms with Crippen LogP contribution in [0.5, 0.6) is 17.2 Å². The SMILES string of the molecule is COc1ccc(OCCNC(=O)c2ccc(COc3ccc4ccccc4c3)o2)cc1. The molecule has 4 aromatic rings. The van der Waals surface area contributed by atoms with Gasteiger partial charge in [-0.1, -0.05) is 30.3 Å². The van der Waals surface area contributed by atoms with Crippen molar-refractivity contribution in [3.63, 3.8) is 0 Å². The van der Waals surface area contributed by atoms with Crippen molar-refractivity contribution in [1.82, 2.24) is 5.32 Å². The predicted molar refractivity (Wildman–Crippen MR) is 118 cm³/mol. The largest absolute Gasteiger partial charge is 0.497 e. The van der Waals surface area contributed by atoms with Gasteiger partial charge < -0.3 is 23.9 Å². The number of fused-ring (bicyclic) bond motifs is 1. The predicted octanol–water partition coefficient (Wildman–Crippen LogP) is 4.83. The van der Waals surface area contributed by atoms with Crippen LogP contribution in [0.25, 0.3) is 10.8 Å². The minimum atomic E-state index is -0.296. The lowest BCUT2D eigenvalue weighted by atomic mass is 10.1. The molecule has 1 amide bonds. The fourth-order valence-corrected chi connectivity index (χ4v) is 3.08. The molecule has 0 aliphatic heterocycles. The van der Waals surface area contributed by atoms with Crippen molar-refractivity contribution in [3.8, 4) is 17.2 Å². The number of hydrogen-bond acceptors (Lipinski definition) is 5. The minimum Gasteiger partial charge on any atom is -0.497 e. The first kappa shape index (κ1) is 20.3. The van der Waals surface area contributed by atoms with Gasteiger partial charge in [-0.3, -0.25) is 4.79 Å². The average molecular weight is 417 g/mol. The molecule has 158 valence electrons. The minimum absolute atomic E-state index is 0.238. The summed E-state index contributed by atoms with van der Waals surface area (Å²) in [6, 6.07) is 24.6. The maximum Gasteiger partial charge on any atom is 0.287 e. The van der Waals surface area contributed by atoms with Gasteiger partial charge in [0.05, 0.1) is 13.7 Å². The van der Waals surface area contributed by atoms with E-state index in [1.807, 2.05) is 60.7 Å². The Kier molecular flexibility index (Phi) is 6.38. The molecule has 6 nitrogen and oxygen atoms in total. The zero-order chi connectivity index (χ0) is 21.5. The summed E-state index contributed by atoms with van der Waals surface area (Å²) in [6.07, 6.45) is 0. The van der Waals surface area contributed by atoms with Crippen molar-refractivity contribution in [2.75, 3.05) is 20.3 Å². The third-order valence-electron chi connectivity index (χ3n) is 4.70. The maximum absolute atomic E-state index is 12.3. The Labute approximate surface area is 180 Å². The molecule has 1 N–H and O–H groups in total. The molecule has 0 saturated heterocycles. The van der Waals surface area contributed by atoms with Crippen LogP contribution >= 0.6 is 0 Å². The quantitative estimate of drug-likeness (QED) is 0.395. The summed E-state index contributed by atoms with van der Waals surface area (Å²) < 4.78 is 22.1. The first-order valence-corrected chi connectivity index (χ1v) is 9.96. The van der Waals surface area contributed by atoms with Crippen molar-refractivity contribution in [3.05, 3.63) is 90.4 Å². The van der Waals surface area contributed by atoms with Gasteiger partial charge in [0.1, 0.15) is 36.2 Å². The van der Waals surface area contributed by atoms with Crippen molar-refractivity contribution >= 4 is 16.7 Å². The Bertz CT molecular complexity index is 1150. The molecule has 0 saturated carbocycles. The van der Waals surface area contributed by atoms with E-state index in [0.717, 1.165) is 22.3 Å². The number of ether oxygens (including phenoxy) is 3. The molecule has 4 rings (SSSR count). The zero-order valence-electron chi connectivity index (χ0n) is 17.2. The van der Waals surface area contributed by atoms with E-state index in [9.17, 15) is 4.79 Å². The first-order valence-electron chi connectivity index (χ1n) is 9.96. The van der Waals surface area contributed by atoms with Crippen LogP contribution in [0.2, 0.25) is 0 Å². The van der Waals surface area contributed by atoms with Crippen LogP contribution in [-0.2, 0) is 6.61 Å². The number of carbonyl (C=O) groups is 1. The Morgan fingerprint density at radius 3 is 2.39 bits per heavy atom. The van der Waals surface area contributed by atoms with Crippen LogP contribution in [0.15, 0.2) is 83.3 Å². The molecule has 1 aromatic heterocycles. The van der Waals surface area contributed by atoms with Gasteiger partial charge in [0.15, 0.2) is 5.76 Å². The molecule has 0 unspecified atom stereocenters. The van der Waals surface area contributed by atoms with Crippen molar-refractivity contribution < 1.29 is 23.4 Å². The Morgan fingerprint density at radius 2 is 1.58 bits per heavy atom. The summed E-state index contributed by atoms with van der Waals surface area (Å²) >= 11 is 0. The molecule has 1 heterocycles. The highest BCUT2D eigenvalue weighted by atomic mass is 16.5. The van der Waals surface area contributed by atoms with Gasteiger partial charge in [0, 0.05) is 0 Å². The number of hydrogen-bond donors (Lipinski definition) is 1. The van der Waals surface area contributed by atoms with E-state index in [4.69, 9.17) is 18.6 Å². The zero-order valence-corrected chi connectivity index (χ0v) is 17.2. The monoisotopic (exact) mass is 417 g/mol. The lowest BCUT2D eigenvalue weighted by Crippen LogP contribution is -2.27. The highest BCUT2D eigenvalue weighted by Crippen LogP contribution is 2.22. The van der Waals surface area contributed by atoms with Crippen molar-refractivity contribution in [2.45, 2.75) is 6.61 Å². The third kappa shape index (κ3) is 5.36. The second kappa shape index (κ2) is 9.71. The summed E-state index contributed by atoms with van der Waals surface area (Å²) in [5, 5.41) is 5.04. The number of benzene rings is 3. The van der Waals surface area contributed by atoms with E-state index in [0.29, 0.717) is 24.7 Å². The van der Waals surface area contributed by atoms with Crippen LogP contribution in [0.4, 0.5) is 0 Å². The van der Waals surface area contributed by atoms with Crippen molar-refractivity contribution in [2.24, 2.45) is 0 Å². The lowest BCUT2D eigenvalue weighted by Gasteiger charge is -2.08. The molecule has 0 bridgehead atoms. The molecule has 31 heavy (non-hydrogen) atoms. The number of nitrogens with one attached hydrogen (secondary N) is 1. The van der Waals surface area contributed by atoms with Gasteiger partial charge >= 0.3 is 0 Å². The Morgan fingerprint density at radius 1 is 0.839 bits per heavy atom. The van der Waals surface area contributed by atoms with E-state index >= 15 is 0 Å². The van der Waals surface area contributed by atoms with Crippen LogP contribution in [0.3, 0.4) is 0 Å². The molecule has 6 heteroatoms. The molecule has 0 spiro atoms. The van der Waals surface area contributed by atoms with Gasteiger partial charge in [-0.05, 0) is 59.3 Å². The van der Waals surface area contributed by atoms with E-state index in [1.54, 1.807) is 19.2 Å². The van der Waals surface area contributed by atoms with Gasteiger partial charge in [-0.25, -0.2) is 0 Å². The summed E-state index contributed by atoms with van der Waals surface area (Å²) in [5.74, 6) is 2.74. The Balaban J connectivity index is 1.23. The topological polar surface area (TPSA) is 69.9 Å². The second-order valence-electron chi connectivity index (χ2n) is 6.84. The molecule has 0 aliphatic rings. The van der Waals surface area contributed by atoms with Crippen molar-refractivity contribution in [1.29, 1.82) is 0 Å². The van der Waals surface area contributed by atoms with Crippen LogP contribution in [0.1, 0.15) is 16.3 Å². The van der Waals surface area contributed by atoms with E-state index < -0.39 is 0 Å². The summed E-state index contributed by atoms with van der Waals surface area (Å²) in [5.41, 5.74) is 0. The fourth-order valence-electron chi connectivity index (χ4n) is 3.08. The van der Waals surface area contributed by atoms with E-state index in [1.165, 1.54) is 0 Å². The van der Waals surface area contributed by atoms with Crippen LogP contribution in [-0.4, -0.2) is 26.2 Å². The number of carbonyl (C=O) groups excluding carboxylic acids is 1. The maximum atomic E-state index is 12.3. The van der Waals surface area contributed by atoms with Gasteiger partial charge in [0.2, 0.25) is 0 Å². The molecule has 0 fully saturated rings. The lowest BCUT2D eigenvalue weighted by molar-refractivity contribution is 0.0915. The van der Waals surface area contributed by atoms with Gasteiger partial charge in [0.25, 0.3) is 5.91 Å². The molecular formula is C25H23NO5. The van der Waals surface area contributed by atoms with Gasteiger partial charge in [-0.2, -0.15) is 0 Å². The number of methoxy groups -OCH3 is 1. The standard InChI is InChI=1S/C25H23NO5/c1-28-20-8-10-21(11-9-20)29-15-14-26-25(27)24-13-12-23(31-24)17-30-22-7-6-18-4-2-3-5-19(18)16-22/h2-13,16H,14-15,17H2,1H3,(H,26,27). The summed E-state index contributed by atoms with van der Waals surface area (Å²) in [7, 11) is 1.61. The molecule has 0 radical (unpaired) electrons. The van der Waals surface area contributed by atoms with Crippen LogP contribution in [0, 0.1) is 0 Å². The highest BCUT2D eigenvalue weighted by Gasteiger charge is 2.11. The number of amides is 1. The van der Waals surface area contributed by atoms with Crippen LogP contribution < -0.4 is 19.5 Å². The second-order valence-corrected chi connectivity index (χ2v) is 6.84. The average Bonchev–Trinajstić information content (AvgIpc) is 3.30. The van der Waals surface area contributed by atoms with Gasteiger partial charge in [-0.15, -0.1) is 0 Å².